The van der Waals surface area contributed by atoms with Gasteiger partial charge in [0.2, 0.25) is 0 Å². The van der Waals surface area contributed by atoms with E-state index in [1.807, 2.05) is 36.4 Å². The highest BCUT2D eigenvalue weighted by Gasteiger charge is 2.15. The number of aliphatic hydroxyl groups excluding tert-OH is 1. The molecule has 2 aromatic rings. The van der Waals surface area contributed by atoms with Gasteiger partial charge >= 0.3 is 0 Å². The molecule has 1 aromatic carbocycles. The van der Waals surface area contributed by atoms with Crippen LogP contribution in [0.2, 0.25) is 0 Å². The van der Waals surface area contributed by atoms with E-state index in [0.29, 0.717) is 31.1 Å². The first-order valence-electron chi connectivity index (χ1n) is 11.1. The Morgan fingerprint density at radius 3 is 2.57 bits per heavy atom. The number of hydrogen-bond acceptors (Lipinski definition) is 6. The number of aliphatic hydroxyl groups is 1. The van der Waals surface area contributed by atoms with E-state index in [9.17, 15) is 5.11 Å². The highest BCUT2D eigenvalue weighted by molar-refractivity contribution is 5.43. The van der Waals surface area contributed by atoms with E-state index in [1.54, 1.807) is 13.3 Å². The highest BCUT2D eigenvalue weighted by Crippen LogP contribution is 2.28. The molecule has 2 heterocycles. The lowest BCUT2D eigenvalue weighted by Crippen LogP contribution is -2.37. The van der Waals surface area contributed by atoms with Gasteiger partial charge in [0.25, 0.3) is 0 Å². The van der Waals surface area contributed by atoms with Crippen molar-refractivity contribution in [3.05, 3.63) is 53.9 Å². The van der Waals surface area contributed by atoms with Crippen LogP contribution in [-0.4, -0.2) is 54.4 Å². The molecular weight excluding hydrogens is 378 g/mol. The first-order chi connectivity index (χ1) is 14.7. The summed E-state index contributed by atoms with van der Waals surface area (Å²) in [5.41, 5.74) is 2.12. The van der Waals surface area contributed by atoms with Gasteiger partial charge in [-0.15, -0.1) is 0 Å². The first kappa shape index (κ1) is 22.5. The molecule has 0 amide bonds. The molecule has 1 fully saturated rings. The zero-order valence-corrected chi connectivity index (χ0v) is 18.1. The smallest absolute Gasteiger partial charge is 0.161 e. The molecule has 1 aliphatic rings. The Kier molecular flexibility index (Phi) is 9.41. The van der Waals surface area contributed by atoms with Crippen LogP contribution in [0.25, 0.3) is 0 Å². The van der Waals surface area contributed by atoms with Gasteiger partial charge in [0.15, 0.2) is 11.5 Å². The molecule has 1 aliphatic heterocycles. The third-order valence-corrected chi connectivity index (χ3v) is 5.44. The number of pyridine rings is 1. The molecule has 1 atom stereocenters. The Hall–Kier alpha value is -2.15. The van der Waals surface area contributed by atoms with Crippen molar-refractivity contribution in [1.82, 2.24) is 15.2 Å². The lowest BCUT2D eigenvalue weighted by atomic mass is 10.1. The van der Waals surface area contributed by atoms with Gasteiger partial charge in [-0.25, -0.2) is 0 Å². The number of ether oxygens (including phenoxy) is 2. The van der Waals surface area contributed by atoms with Gasteiger partial charge in [-0.1, -0.05) is 31.4 Å². The Morgan fingerprint density at radius 1 is 1.03 bits per heavy atom. The van der Waals surface area contributed by atoms with Gasteiger partial charge in [0.05, 0.1) is 12.8 Å². The van der Waals surface area contributed by atoms with Gasteiger partial charge in [0, 0.05) is 25.8 Å². The normalized spacial score (nSPS) is 16.5. The highest BCUT2D eigenvalue weighted by atomic mass is 16.5. The monoisotopic (exact) mass is 413 g/mol. The van der Waals surface area contributed by atoms with Crippen molar-refractivity contribution < 1.29 is 14.6 Å². The summed E-state index contributed by atoms with van der Waals surface area (Å²) in [6.45, 7) is 4.50. The SMILES string of the molecule is COc1cc(CNCc2ccccn2)ccc1OCC(O)CN1CCCCCCC1. The van der Waals surface area contributed by atoms with Gasteiger partial charge in [-0.2, -0.15) is 0 Å². The van der Waals surface area contributed by atoms with Gasteiger partial charge in [-0.05, 0) is 55.8 Å². The quantitative estimate of drug-likeness (QED) is 0.622. The second-order valence-corrected chi connectivity index (χ2v) is 7.94. The second-order valence-electron chi connectivity index (χ2n) is 7.94. The Morgan fingerprint density at radius 2 is 1.83 bits per heavy atom. The lowest BCUT2D eigenvalue weighted by Gasteiger charge is -2.26. The topological polar surface area (TPSA) is 66.8 Å². The maximum atomic E-state index is 10.4. The van der Waals surface area contributed by atoms with Crippen LogP contribution in [0.15, 0.2) is 42.6 Å². The van der Waals surface area contributed by atoms with Crippen LogP contribution in [0.4, 0.5) is 0 Å². The fourth-order valence-electron chi connectivity index (χ4n) is 3.81. The molecule has 0 saturated carbocycles. The molecule has 0 spiro atoms. The van der Waals surface area contributed by atoms with E-state index in [-0.39, 0.29) is 6.61 Å². The van der Waals surface area contributed by atoms with E-state index >= 15 is 0 Å². The number of aromatic nitrogens is 1. The summed E-state index contributed by atoms with van der Waals surface area (Å²) >= 11 is 0. The summed E-state index contributed by atoms with van der Waals surface area (Å²) in [7, 11) is 1.64. The zero-order chi connectivity index (χ0) is 21.0. The molecule has 0 radical (unpaired) electrons. The summed E-state index contributed by atoms with van der Waals surface area (Å²) in [5.74, 6) is 1.35. The average Bonchev–Trinajstić information content (AvgIpc) is 2.75. The molecule has 1 aromatic heterocycles. The Balaban J connectivity index is 1.45. The van der Waals surface area contributed by atoms with Crippen molar-refractivity contribution in [2.45, 2.75) is 51.3 Å². The van der Waals surface area contributed by atoms with Crippen LogP contribution >= 0.6 is 0 Å². The summed E-state index contributed by atoms with van der Waals surface area (Å²) < 4.78 is 11.4. The van der Waals surface area contributed by atoms with E-state index in [2.05, 4.69) is 15.2 Å². The number of nitrogens with zero attached hydrogens (tertiary/aromatic N) is 2. The van der Waals surface area contributed by atoms with Crippen molar-refractivity contribution in [1.29, 1.82) is 0 Å². The van der Waals surface area contributed by atoms with Crippen LogP contribution < -0.4 is 14.8 Å². The second kappa shape index (κ2) is 12.5. The van der Waals surface area contributed by atoms with E-state index < -0.39 is 6.10 Å². The van der Waals surface area contributed by atoms with Crippen molar-refractivity contribution in [2.75, 3.05) is 33.4 Å². The number of benzene rings is 1. The van der Waals surface area contributed by atoms with Crippen LogP contribution in [0.3, 0.4) is 0 Å². The van der Waals surface area contributed by atoms with Crippen molar-refractivity contribution in [3.63, 3.8) is 0 Å². The van der Waals surface area contributed by atoms with Gasteiger partial charge in [-0.3, -0.25) is 4.98 Å². The molecule has 1 saturated heterocycles. The summed E-state index contributed by atoms with van der Waals surface area (Å²) in [5, 5.41) is 13.8. The molecule has 6 heteroatoms. The van der Waals surface area contributed by atoms with Crippen LogP contribution in [0.5, 0.6) is 11.5 Å². The van der Waals surface area contributed by atoms with E-state index in [1.165, 1.54) is 32.1 Å². The van der Waals surface area contributed by atoms with Crippen LogP contribution in [0, 0.1) is 0 Å². The molecule has 1 unspecified atom stereocenters. The molecule has 0 aliphatic carbocycles. The molecular formula is C24H35N3O3. The van der Waals surface area contributed by atoms with Crippen molar-refractivity contribution in [3.8, 4) is 11.5 Å². The maximum Gasteiger partial charge on any atom is 0.161 e. The van der Waals surface area contributed by atoms with Crippen molar-refractivity contribution in [2.24, 2.45) is 0 Å². The molecule has 6 nitrogen and oxygen atoms in total. The van der Waals surface area contributed by atoms with Gasteiger partial charge < -0.3 is 24.8 Å². The minimum absolute atomic E-state index is 0.268. The molecule has 30 heavy (non-hydrogen) atoms. The zero-order valence-electron chi connectivity index (χ0n) is 18.1. The number of methoxy groups -OCH3 is 1. The maximum absolute atomic E-state index is 10.4. The molecule has 164 valence electrons. The fraction of sp³-hybridized carbons (Fsp3) is 0.542. The number of rotatable bonds is 10. The van der Waals surface area contributed by atoms with E-state index in [4.69, 9.17) is 9.47 Å². The third kappa shape index (κ3) is 7.59. The van der Waals surface area contributed by atoms with Gasteiger partial charge in [0.1, 0.15) is 12.7 Å². The minimum atomic E-state index is -0.506. The molecule has 3 rings (SSSR count). The summed E-state index contributed by atoms with van der Waals surface area (Å²) in [6, 6.07) is 11.8. The third-order valence-electron chi connectivity index (χ3n) is 5.44. The molecule has 2 N–H and O–H groups in total. The Bertz CT molecular complexity index is 734. The minimum Gasteiger partial charge on any atom is -0.493 e. The summed E-state index contributed by atoms with van der Waals surface area (Å²) in [4.78, 5) is 6.68. The predicted octanol–water partition coefficient (Wildman–Crippen LogP) is 3.39. The van der Waals surface area contributed by atoms with E-state index in [0.717, 1.165) is 24.3 Å². The van der Waals surface area contributed by atoms with Crippen LogP contribution in [0.1, 0.15) is 43.4 Å². The number of nitrogens with one attached hydrogen (secondary N) is 1. The largest absolute Gasteiger partial charge is 0.493 e. The Labute approximate surface area is 180 Å². The lowest BCUT2D eigenvalue weighted by molar-refractivity contribution is 0.0645. The molecule has 0 bridgehead atoms. The van der Waals surface area contributed by atoms with Crippen LogP contribution in [-0.2, 0) is 13.1 Å². The average molecular weight is 414 g/mol. The predicted molar refractivity (Wildman–Crippen MR) is 119 cm³/mol. The first-order valence-corrected chi connectivity index (χ1v) is 11.1. The standard InChI is InChI=1S/C24H35N3O3/c1-29-24-15-20(16-25-17-21-9-5-6-12-26-21)10-11-23(24)30-19-22(28)18-27-13-7-3-2-4-8-14-27/h5-6,9-12,15,22,25,28H,2-4,7-8,13-14,16-19H2,1H3. The van der Waals surface area contributed by atoms with Crippen molar-refractivity contribution >= 4 is 0 Å². The number of β-amino-alcohol motifs (C(OH)–C–C–N with tert-alkyl or cyclic N) is 1. The number of hydrogen-bond donors (Lipinski definition) is 2. The number of likely N-dealkylation sites (tertiary alicyclic amines) is 1. The fourth-order valence-corrected chi connectivity index (χ4v) is 3.81. The summed E-state index contributed by atoms with van der Waals surface area (Å²) in [6.07, 6.45) is 7.66.